The summed E-state index contributed by atoms with van der Waals surface area (Å²) in [4.78, 5) is 2.43. The molecule has 0 amide bonds. The van der Waals surface area contributed by atoms with Crippen LogP contribution in [0.4, 0.5) is 0 Å². The van der Waals surface area contributed by atoms with Crippen molar-refractivity contribution in [3.05, 3.63) is 54.2 Å². The van der Waals surface area contributed by atoms with E-state index in [1.807, 2.05) is 48.3 Å². The molecule has 1 saturated heterocycles. The molecule has 3 aromatic rings. The van der Waals surface area contributed by atoms with Crippen molar-refractivity contribution in [3.63, 3.8) is 0 Å². The molecule has 4 rings (SSSR count). The van der Waals surface area contributed by atoms with E-state index >= 15 is 0 Å². The van der Waals surface area contributed by atoms with Crippen molar-refractivity contribution in [2.45, 2.75) is 31.8 Å². The summed E-state index contributed by atoms with van der Waals surface area (Å²) < 4.78 is 7.81. The van der Waals surface area contributed by atoms with Gasteiger partial charge < -0.3 is 4.42 Å². The third kappa shape index (κ3) is 2.73. The first-order valence-electron chi connectivity index (χ1n) is 8.35. The van der Waals surface area contributed by atoms with Gasteiger partial charge in [-0.1, -0.05) is 18.2 Å². The van der Waals surface area contributed by atoms with Crippen LogP contribution in [0, 0.1) is 0 Å². The lowest BCUT2D eigenvalue weighted by molar-refractivity contribution is 0.168. The number of likely N-dealkylation sites (tertiary alicyclic amines) is 1. The van der Waals surface area contributed by atoms with E-state index in [1.165, 1.54) is 12.0 Å². The van der Waals surface area contributed by atoms with Crippen molar-refractivity contribution in [1.82, 2.24) is 24.9 Å². The summed E-state index contributed by atoms with van der Waals surface area (Å²) in [6.07, 6.45) is 6.36. The summed E-state index contributed by atoms with van der Waals surface area (Å²) in [6.45, 7) is 3.17. The Labute approximate surface area is 141 Å². The minimum atomic E-state index is 0.0858. The van der Waals surface area contributed by atoms with Gasteiger partial charge in [0.15, 0.2) is 0 Å². The van der Waals surface area contributed by atoms with E-state index in [2.05, 4.69) is 33.3 Å². The first kappa shape index (κ1) is 15.1. The molecular formula is C18H21N5O. The Morgan fingerprint density at radius 3 is 2.79 bits per heavy atom. The number of rotatable bonds is 4. The quantitative estimate of drug-likeness (QED) is 0.737. The largest absolute Gasteiger partial charge is 0.419 e. The van der Waals surface area contributed by atoms with Gasteiger partial charge in [-0.3, -0.25) is 9.58 Å². The number of hydrogen-bond acceptors (Lipinski definition) is 5. The molecule has 6 nitrogen and oxygen atoms in total. The molecule has 0 N–H and O–H groups in total. The van der Waals surface area contributed by atoms with Crippen LogP contribution in [-0.2, 0) is 7.05 Å². The summed E-state index contributed by atoms with van der Waals surface area (Å²) in [5.74, 6) is 1.25. The molecule has 2 aromatic heterocycles. The van der Waals surface area contributed by atoms with E-state index < -0.39 is 0 Å². The molecule has 1 aromatic carbocycles. The fraction of sp³-hybridized carbons (Fsp3) is 0.389. The summed E-state index contributed by atoms with van der Waals surface area (Å²) >= 11 is 0. The molecule has 2 atom stereocenters. The number of nitrogens with zero attached hydrogens (tertiary/aromatic N) is 5. The highest BCUT2D eigenvalue weighted by atomic mass is 16.4. The van der Waals surface area contributed by atoms with Crippen LogP contribution in [0.15, 0.2) is 47.1 Å². The molecule has 24 heavy (non-hydrogen) atoms. The number of aryl methyl sites for hydroxylation is 1. The average molecular weight is 323 g/mol. The van der Waals surface area contributed by atoms with E-state index in [9.17, 15) is 0 Å². The van der Waals surface area contributed by atoms with E-state index in [1.54, 1.807) is 0 Å². The maximum Gasteiger partial charge on any atom is 0.247 e. The molecule has 0 aliphatic carbocycles. The lowest BCUT2D eigenvalue weighted by Crippen LogP contribution is -2.26. The second-order valence-corrected chi connectivity index (χ2v) is 6.33. The Bertz CT molecular complexity index is 810. The van der Waals surface area contributed by atoms with Crippen LogP contribution < -0.4 is 0 Å². The molecule has 0 unspecified atom stereocenters. The summed E-state index contributed by atoms with van der Waals surface area (Å²) in [7, 11) is 1.95. The predicted octanol–water partition coefficient (Wildman–Crippen LogP) is 3.37. The van der Waals surface area contributed by atoms with Gasteiger partial charge in [-0.05, 0) is 38.4 Å². The van der Waals surface area contributed by atoms with E-state index in [0.29, 0.717) is 17.8 Å². The molecule has 124 valence electrons. The highest BCUT2D eigenvalue weighted by Gasteiger charge is 2.33. The second kappa shape index (κ2) is 6.20. The molecule has 0 bridgehead atoms. The minimum absolute atomic E-state index is 0.0858. The van der Waals surface area contributed by atoms with E-state index in [4.69, 9.17) is 4.42 Å². The summed E-state index contributed by atoms with van der Waals surface area (Å²) in [6, 6.07) is 10.3. The van der Waals surface area contributed by atoms with Gasteiger partial charge >= 0.3 is 0 Å². The van der Waals surface area contributed by atoms with Crippen molar-refractivity contribution in [2.75, 3.05) is 6.54 Å². The standard InChI is InChI=1S/C18H21N5O/c1-13(17-20-21-18(24-17)14-7-4-3-5-8-14)23-10-6-9-16(23)15-11-19-22(2)12-15/h3-5,7-8,11-13,16H,6,9-10H2,1-2H3/t13-,16-/m0/s1. The van der Waals surface area contributed by atoms with Crippen molar-refractivity contribution >= 4 is 0 Å². The van der Waals surface area contributed by atoms with Gasteiger partial charge in [-0.2, -0.15) is 5.10 Å². The van der Waals surface area contributed by atoms with Crippen molar-refractivity contribution in [3.8, 4) is 11.5 Å². The zero-order valence-electron chi connectivity index (χ0n) is 14.0. The summed E-state index contributed by atoms with van der Waals surface area (Å²) in [5, 5.41) is 12.8. The van der Waals surface area contributed by atoms with Crippen LogP contribution >= 0.6 is 0 Å². The van der Waals surface area contributed by atoms with Gasteiger partial charge in [0.25, 0.3) is 0 Å². The monoisotopic (exact) mass is 323 g/mol. The Morgan fingerprint density at radius 1 is 1.21 bits per heavy atom. The van der Waals surface area contributed by atoms with Crippen LogP contribution in [0.5, 0.6) is 0 Å². The smallest absolute Gasteiger partial charge is 0.247 e. The van der Waals surface area contributed by atoms with Gasteiger partial charge in [0.1, 0.15) is 0 Å². The van der Waals surface area contributed by atoms with Crippen molar-refractivity contribution in [2.24, 2.45) is 7.05 Å². The zero-order valence-corrected chi connectivity index (χ0v) is 14.0. The van der Waals surface area contributed by atoms with E-state index in [-0.39, 0.29) is 6.04 Å². The van der Waals surface area contributed by atoms with Crippen LogP contribution in [0.3, 0.4) is 0 Å². The molecule has 1 aliphatic heterocycles. The fourth-order valence-corrected chi connectivity index (χ4v) is 3.47. The molecule has 6 heteroatoms. The maximum atomic E-state index is 5.95. The molecule has 0 saturated carbocycles. The highest BCUT2D eigenvalue weighted by molar-refractivity contribution is 5.51. The minimum Gasteiger partial charge on any atom is -0.419 e. The van der Waals surface area contributed by atoms with Crippen molar-refractivity contribution in [1.29, 1.82) is 0 Å². The van der Waals surface area contributed by atoms with Gasteiger partial charge in [0.05, 0.1) is 12.2 Å². The average Bonchev–Trinajstić information content (AvgIpc) is 3.35. The number of benzene rings is 1. The fourth-order valence-electron chi connectivity index (χ4n) is 3.47. The van der Waals surface area contributed by atoms with Gasteiger partial charge in [-0.25, -0.2) is 0 Å². The molecule has 3 heterocycles. The Balaban J connectivity index is 1.57. The Hall–Kier alpha value is -2.47. The third-order valence-corrected chi connectivity index (χ3v) is 4.72. The molecule has 1 aliphatic rings. The number of hydrogen-bond donors (Lipinski definition) is 0. The van der Waals surface area contributed by atoms with Crippen LogP contribution in [0.25, 0.3) is 11.5 Å². The lowest BCUT2D eigenvalue weighted by atomic mass is 10.1. The normalized spacial score (nSPS) is 19.7. The van der Waals surface area contributed by atoms with Crippen LogP contribution in [0.1, 0.15) is 43.3 Å². The molecular weight excluding hydrogens is 302 g/mol. The van der Waals surface area contributed by atoms with Crippen LogP contribution in [0.2, 0.25) is 0 Å². The second-order valence-electron chi connectivity index (χ2n) is 6.33. The highest BCUT2D eigenvalue weighted by Crippen LogP contribution is 2.38. The topological polar surface area (TPSA) is 60.0 Å². The maximum absolute atomic E-state index is 5.95. The van der Waals surface area contributed by atoms with Gasteiger partial charge in [0, 0.05) is 30.4 Å². The van der Waals surface area contributed by atoms with Crippen LogP contribution in [-0.4, -0.2) is 31.4 Å². The molecule has 1 fully saturated rings. The van der Waals surface area contributed by atoms with Gasteiger partial charge in [-0.15, -0.1) is 10.2 Å². The number of aromatic nitrogens is 4. The Morgan fingerprint density at radius 2 is 2.04 bits per heavy atom. The van der Waals surface area contributed by atoms with Crippen molar-refractivity contribution < 1.29 is 4.42 Å². The summed E-state index contributed by atoms with van der Waals surface area (Å²) in [5.41, 5.74) is 2.21. The molecule has 0 radical (unpaired) electrons. The SMILES string of the molecule is C[C@@H](c1nnc(-c2ccccc2)o1)N1CCC[C@H]1c1cnn(C)c1. The first-order valence-corrected chi connectivity index (χ1v) is 8.35. The van der Waals surface area contributed by atoms with Gasteiger partial charge in [0.2, 0.25) is 11.8 Å². The Kier molecular flexibility index (Phi) is 3.90. The first-order chi connectivity index (χ1) is 11.7. The van der Waals surface area contributed by atoms with E-state index in [0.717, 1.165) is 18.5 Å². The third-order valence-electron chi connectivity index (χ3n) is 4.72. The zero-order chi connectivity index (χ0) is 16.5. The molecule has 0 spiro atoms. The predicted molar refractivity (Wildman–Crippen MR) is 90.0 cm³/mol. The lowest BCUT2D eigenvalue weighted by Gasteiger charge is -2.27.